The monoisotopic (exact) mass is 430 g/mol. The molecule has 2 aromatic rings. The number of piperazine rings is 1. The molecule has 1 saturated heterocycles. The summed E-state index contributed by atoms with van der Waals surface area (Å²) in [5.74, 6) is -1.89. The molecule has 3 amide bonds. The Labute approximate surface area is 174 Å². The highest BCUT2D eigenvalue weighted by molar-refractivity contribution is 7.92. The van der Waals surface area contributed by atoms with Crippen molar-refractivity contribution in [3.05, 3.63) is 54.6 Å². The minimum Gasteiger partial charge on any atom is -0.333 e. The average Bonchev–Trinajstić information content (AvgIpc) is 2.73. The van der Waals surface area contributed by atoms with Gasteiger partial charge >= 0.3 is 11.8 Å². The number of carbonyl (C=O) groups excluding carboxylic acids is 3. The molecule has 0 aromatic heterocycles. The Kier molecular flexibility index (Phi) is 6.36. The van der Waals surface area contributed by atoms with Gasteiger partial charge < -0.3 is 15.1 Å². The molecule has 0 saturated carbocycles. The number of rotatable bonds is 7. The van der Waals surface area contributed by atoms with Crippen molar-refractivity contribution < 1.29 is 22.8 Å². The van der Waals surface area contributed by atoms with E-state index in [-0.39, 0.29) is 29.4 Å². The van der Waals surface area contributed by atoms with Crippen LogP contribution in [0.1, 0.15) is 6.92 Å². The molecule has 2 aromatic carbocycles. The summed E-state index contributed by atoms with van der Waals surface area (Å²) in [6.45, 7) is 2.53. The smallest absolute Gasteiger partial charge is 0.312 e. The van der Waals surface area contributed by atoms with Gasteiger partial charge in [-0.05, 0) is 31.2 Å². The van der Waals surface area contributed by atoms with Crippen LogP contribution in [0.2, 0.25) is 0 Å². The number of hydrogen-bond donors (Lipinski definition) is 2. The zero-order valence-corrected chi connectivity index (χ0v) is 17.2. The second kappa shape index (κ2) is 8.95. The van der Waals surface area contributed by atoms with Gasteiger partial charge in [-0.1, -0.05) is 30.3 Å². The van der Waals surface area contributed by atoms with Gasteiger partial charge in [0.2, 0.25) is 5.91 Å². The molecule has 1 aliphatic heterocycles. The number of nitrogens with one attached hydrogen (secondary N) is 2. The van der Waals surface area contributed by atoms with Crippen molar-refractivity contribution in [3.63, 3.8) is 0 Å². The molecule has 0 radical (unpaired) electrons. The van der Waals surface area contributed by atoms with Gasteiger partial charge in [-0.3, -0.25) is 19.1 Å². The third kappa shape index (κ3) is 4.77. The first-order valence-electron chi connectivity index (χ1n) is 9.36. The number of hydrogen-bond acceptors (Lipinski definition) is 5. The van der Waals surface area contributed by atoms with Gasteiger partial charge in [0, 0.05) is 19.6 Å². The third-order valence-electron chi connectivity index (χ3n) is 4.61. The molecule has 30 heavy (non-hydrogen) atoms. The second-order valence-electron chi connectivity index (χ2n) is 6.62. The number of likely N-dealkylation sites (N-methyl/N-ethyl adjacent to an activating group) is 1. The number of nitrogens with zero attached hydrogens (tertiary/aromatic N) is 2. The van der Waals surface area contributed by atoms with Crippen LogP contribution in [0, 0.1) is 0 Å². The summed E-state index contributed by atoms with van der Waals surface area (Å²) in [7, 11) is -3.84. The fourth-order valence-electron chi connectivity index (χ4n) is 3.02. The number of benzene rings is 2. The van der Waals surface area contributed by atoms with Gasteiger partial charge in [0.05, 0.1) is 16.3 Å². The summed E-state index contributed by atoms with van der Waals surface area (Å²) in [6, 6.07) is 14.2. The molecule has 10 heteroatoms. The Balaban J connectivity index is 1.70. The average molecular weight is 430 g/mol. The summed E-state index contributed by atoms with van der Waals surface area (Å²) in [6.07, 6.45) is 0. The minimum absolute atomic E-state index is 0.0871. The SMILES string of the molecule is CCN1CCN(CC(=O)Nc2ccccc2NS(=O)(=O)c2ccccc2)C(=O)C1=O. The van der Waals surface area contributed by atoms with E-state index in [0.717, 1.165) is 0 Å². The molecular weight excluding hydrogens is 408 g/mol. The zero-order chi connectivity index (χ0) is 21.7. The lowest BCUT2D eigenvalue weighted by Crippen LogP contribution is -2.55. The predicted octanol–water partition coefficient (Wildman–Crippen LogP) is 1.12. The highest BCUT2D eigenvalue weighted by Crippen LogP contribution is 2.24. The Morgan fingerprint density at radius 3 is 2.13 bits per heavy atom. The van der Waals surface area contributed by atoms with Crippen LogP contribution in [-0.4, -0.2) is 62.1 Å². The first kappa shape index (κ1) is 21.3. The van der Waals surface area contributed by atoms with E-state index in [4.69, 9.17) is 0 Å². The van der Waals surface area contributed by atoms with Crippen LogP contribution in [0.4, 0.5) is 11.4 Å². The molecule has 1 heterocycles. The first-order valence-corrected chi connectivity index (χ1v) is 10.8. The van der Waals surface area contributed by atoms with Crippen LogP contribution < -0.4 is 10.0 Å². The lowest BCUT2D eigenvalue weighted by atomic mass is 10.2. The van der Waals surface area contributed by atoms with E-state index in [1.165, 1.54) is 28.0 Å². The maximum atomic E-state index is 12.6. The van der Waals surface area contributed by atoms with Crippen molar-refractivity contribution >= 4 is 39.1 Å². The molecular formula is C20H22N4O5S. The number of anilines is 2. The van der Waals surface area contributed by atoms with Gasteiger partial charge in [0.25, 0.3) is 10.0 Å². The van der Waals surface area contributed by atoms with E-state index in [0.29, 0.717) is 13.1 Å². The number of carbonyl (C=O) groups is 3. The standard InChI is InChI=1S/C20H22N4O5S/c1-2-23-12-13-24(20(27)19(23)26)14-18(25)21-16-10-6-7-11-17(16)22-30(28,29)15-8-4-3-5-9-15/h3-11,22H,2,12-14H2,1H3,(H,21,25). The quantitative estimate of drug-likeness (QED) is 0.639. The number of para-hydroxylation sites is 2. The van der Waals surface area contributed by atoms with Crippen molar-refractivity contribution in [1.29, 1.82) is 0 Å². The van der Waals surface area contributed by atoms with E-state index in [9.17, 15) is 22.8 Å². The summed E-state index contributed by atoms with van der Waals surface area (Å²) in [5.41, 5.74) is 0.431. The van der Waals surface area contributed by atoms with Gasteiger partial charge in [-0.25, -0.2) is 8.42 Å². The maximum Gasteiger partial charge on any atom is 0.312 e. The van der Waals surface area contributed by atoms with E-state index in [1.54, 1.807) is 43.3 Å². The van der Waals surface area contributed by atoms with E-state index < -0.39 is 27.7 Å². The molecule has 1 fully saturated rings. The minimum atomic E-state index is -3.84. The summed E-state index contributed by atoms with van der Waals surface area (Å²) >= 11 is 0. The van der Waals surface area contributed by atoms with Crippen LogP contribution in [0.3, 0.4) is 0 Å². The fraction of sp³-hybridized carbons (Fsp3) is 0.250. The predicted molar refractivity (Wildman–Crippen MR) is 111 cm³/mol. The number of sulfonamides is 1. The summed E-state index contributed by atoms with van der Waals surface area (Å²) in [5, 5.41) is 2.61. The largest absolute Gasteiger partial charge is 0.333 e. The van der Waals surface area contributed by atoms with Crippen LogP contribution in [0.15, 0.2) is 59.5 Å². The molecule has 0 aliphatic carbocycles. The van der Waals surface area contributed by atoms with E-state index >= 15 is 0 Å². The van der Waals surface area contributed by atoms with Crippen LogP contribution in [-0.2, 0) is 24.4 Å². The number of amides is 3. The van der Waals surface area contributed by atoms with Crippen LogP contribution in [0.5, 0.6) is 0 Å². The van der Waals surface area contributed by atoms with Crippen LogP contribution in [0.25, 0.3) is 0 Å². The topological polar surface area (TPSA) is 116 Å². The van der Waals surface area contributed by atoms with E-state index in [1.807, 2.05) is 0 Å². The van der Waals surface area contributed by atoms with E-state index in [2.05, 4.69) is 10.0 Å². The zero-order valence-electron chi connectivity index (χ0n) is 16.4. The van der Waals surface area contributed by atoms with Crippen LogP contribution >= 0.6 is 0 Å². The Bertz CT molecular complexity index is 1060. The molecule has 0 atom stereocenters. The van der Waals surface area contributed by atoms with Gasteiger partial charge in [-0.2, -0.15) is 0 Å². The molecule has 0 spiro atoms. The van der Waals surface area contributed by atoms with Crippen molar-refractivity contribution in [1.82, 2.24) is 9.80 Å². The maximum absolute atomic E-state index is 12.6. The molecule has 0 bridgehead atoms. The highest BCUT2D eigenvalue weighted by Gasteiger charge is 2.32. The second-order valence-corrected chi connectivity index (χ2v) is 8.31. The molecule has 2 N–H and O–H groups in total. The fourth-order valence-corrected chi connectivity index (χ4v) is 4.12. The molecule has 1 aliphatic rings. The molecule has 158 valence electrons. The lowest BCUT2D eigenvalue weighted by Gasteiger charge is -2.32. The Morgan fingerprint density at radius 2 is 1.47 bits per heavy atom. The Hall–Kier alpha value is -3.40. The summed E-state index contributed by atoms with van der Waals surface area (Å²) in [4.78, 5) is 39.3. The normalized spacial score (nSPS) is 14.6. The molecule has 9 nitrogen and oxygen atoms in total. The highest BCUT2D eigenvalue weighted by atomic mass is 32.2. The molecule has 0 unspecified atom stereocenters. The van der Waals surface area contributed by atoms with Gasteiger partial charge in [0.1, 0.15) is 6.54 Å². The first-order chi connectivity index (χ1) is 14.3. The lowest BCUT2D eigenvalue weighted by molar-refractivity contribution is -0.156. The summed E-state index contributed by atoms with van der Waals surface area (Å²) < 4.78 is 27.6. The van der Waals surface area contributed by atoms with Gasteiger partial charge in [-0.15, -0.1) is 0 Å². The van der Waals surface area contributed by atoms with Crippen molar-refractivity contribution in [2.75, 3.05) is 36.2 Å². The van der Waals surface area contributed by atoms with Crippen molar-refractivity contribution in [3.8, 4) is 0 Å². The van der Waals surface area contributed by atoms with Crippen molar-refractivity contribution in [2.45, 2.75) is 11.8 Å². The third-order valence-corrected chi connectivity index (χ3v) is 5.99. The van der Waals surface area contributed by atoms with Gasteiger partial charge in [0.15, 0.2) is 0 Å². The van der Waals surface area contributed by atoms with Crippen molar-refractivity contribution in [2.24, 2.45) is 0 Å². The molecule has 3 rings (SSSR count). The Morgan fingerprint density at radius 1 is 0.900 bits per heavy atom.